The molecule has 0 bridgehead atoms. The lowest BCUT2D eigenvalue weighted by Crippen LogP contribution is -1.95. The van der Waals surface area contributed by atoms with Crippen LogP contribution >= 0.6 is 0 Å². The Kier molecular flexibility index (Phi) is 2.75. The van der Waals surface area contributed by atoms with E-state index in [0.717, 1.165) is 12.1 Å². The van der Waals surface area contributed by atoms with Gasteiger partial charge in [0.1, 0.15) is 5.69 Å². The summed E-state index contributed by atoms with van der Waals surface area (Å²) in [6.07, 6.45) is 0. The van der Waals surface area contributed by atoms with Crippen LogP contribution < -0.4 is 0 Å². The maximum atomic E-state index is 13.3. The van der Waals surface area contributed by atoms with Gasteiger partial charge in [-0.3, -0.25) is 0 Å². The van der Waals surface area contributed by atoms with Gasteiger partial charge in [-0.05, 0) is 23.8 Å². The average molecular weight is 273 g/mol. The molecule has 0 unspecified atom stereocenters. The number of carbonyl (C=O) groups is 1. The van der Waals surface area contributed by atoms with E-state index in [9.17, 15) is 13.6 Å². The number of hydrogen-bond acceptors (Lipinski definition) is 1. The van der Waals surface area contributed by atoms with Gasteiger partial charge < -0.3 is 10.1 Å². The molecule has 0 saturated carbocycles. The molecule has 0 amide bonds. The summed E-state index contributed by atoms with van der Waals surface area (Å²) in [5, 5.41) is 9.69. The van der Waals surface area contributed by atoms with Crippen molar-refractivity contribution in [2.75, 3.05) is 0 Å². The van der Waals surface area contributed by atoms with Crippen molar-refractivity contribution in [2.24, 2.45) is 0 Å². The Morgan fingerprint density at radius 2 is 1.85 bits per heavy atom. The van der Waals surface area contributed by atoms with Crippen LogP contribution in [0.25, 0.3) is 22.0 Å². The molecule has 20 heavy (non-hydrogen) atoms. The third-order valence-electron chi connectivity index (χ3n) is 3.12. The van der Waals surface area contributed by atoms with E-state index < -0.39 is 17.6 Å². The second-order valence-corrected chi connectivity index (χ2v) is 4.39. The van der Waals surface area contributed by atoms with Gasteiger partial charge in [0.05, 0.1) is 5.52 Å². The number of hydrogen-bond donors (Lipinski definition) is 2. The summed E-state index contributed by atoms with van der Waals surface area (Å²) >= 11 is 0. The number of carboxylic acids is 1. The molecule has 0 radical (unpaired) electrons. The third kappa shape index (κ3) is 1.93. The Hall–Kier alpha value is -2.69. The molecule has 0 fully saturated rings. The number of fused-ring (bicyclic) bond motifs is 1. The topological polar surface area (TPSA) is 53.1 Å². The molecule has 2 aromatic carbocycles. The molecule has 1 heterocycles. The van der Waals surface area contributed by atoms with E-state index in [2.05, 4.69) is 4.98 Å². The van der Waals surface area contributed by atoms with Crippen molar-refractivity contribution in [1.29, 1.82) is 0 Å². The van der Waals surface area contributed by atoms with Crippen molar-refractivity contribution < 1.29 is 18.7 Å². The maximum absolute atomic E-state index is 13.3. The number of halogens is 2. The minimum Gasteiger partial charge on any atom is -0.477 e. The normalized spacial score (nSPS) is 10.9. The average Bonchev–Trinajstić information content (AvgIpc) is 2.86. The fourth-order valence-electron chi connectivity index (χ4n) is 2.18. The van der Waals surface area contributed by atoms with E-state index in [4.69, 9.17) is 5.11 Å². The van der Waals surface area contributed by atoms with Crippen molar-refractivity contribution in [3.05, 3.63) is 59.8 Å². The van der Waals surface area contributed by atoms with Crippen LogP contribution in [0, 0.1) is 11.6 Å². The Labute approximate surface area is 112 Å². The van der Waals surface area contributed by atoms with E-state index in [1.54, 1.807) is 18.2 Å². The van der Waals surface area contributed by atoms with Gasteiger partial charge in [-0.2, -0.15) is 0 Å². The Morgan fingerprint density at radius 1 is 1.05 bits per heavy atom. The molecular formula is C15H9F2NO2. The highest BCUT2D eigenvalue weighted by molar-refractivity contribution is 5.99. The molecule has 1 aromatic heterocycles. The summed E-state index contributed by atoms with van der Waals surface area (Å²) in [5.41, 5.74) is 1.73. The smallest absolute Gasteiger partial charge is 0.352 e. The number of H-pyrrole nitrogens is 1. The first kappa shape index (κ1) is 12.3. The van der Waals surface area contributed by atoms with E-state index in [-0.39, 0.29) is 5.69 Å². The maximum Gasteiger partial charge on any atom is 0.352 e. The number of carboxylic acid groups (broad SMARTS) is 1. The van der Waals surface area contributed by atoms with Crippen LogP contribution in [0.4, 0.5) is 8.78 Å². The second-order valence-electron chi connectivity index (χ2n) is 4.39. The van der Waals surface area contributed by atoms with Crippen LogP contribution in [0.2, 0.25) is 0 Å². The number of nitrogens with one attached hydrogen (secondary N) is 1. The van der Waals surface area contributed by atoms with E-state index >= 15 is 0 Å². The van der Waals surface area contributed by atoms with Crippen molar-refractivity contribution in [3.63, 3.8) is 0 Å². The molecule has 5 heteroatoms. The fourth-order valence-corrected chi connectivity index (χ4v) is 2.18. The van der Waals surface area contributed by atoms with E-state index in [1.165, 1.54) is 12.1 Å². The summed E-state index contributed by atoms with van der Waals surface area (Å²) < 4.78 is 26.3. The quantitative estimate of drug-likeness (QED) is 0.746. The number of rotatable bonds is 2. The molecule has 0 aliphatic carbocycles. The lowest BCUT2D eigenvalue weighted by atomic mass is 10.0. The molecule has 100 valence electrons. The first-order valence-corrected chi connectivity index (χ1v) is 5.87. The van der Waals surface area contributed by atoms with Crippen LogP contribution in [-0.4, -0.2) is 16.1 Å². The number of aromatic amines is 1. The standard InChI is InChI=1S/C15H9F2NO2/c16-11-5-4-8(6-12(11)17)10-3-1-2-9-7-13(15(19)20)18-14(9)10/h1-7,18H,(H,19,20). The van der Waals surface area contributed by atoms with Gasteiger partial charge in [0, 0.05) is 10.9 Å². The molecular weight excluding hydrogens is 264 g/mol. The van der Waals surface area contributed by atoms with Crippen molar-refractivity contribution >= 4 is 16.9 Å². The van der Waals surface area contributed by atoms with E-state index in [1.807, 2.05) is 0 Å². The Morgan fingerprint density at radius 3 is 2.55 bits per heavy atom. The minimum absolute atomic E-state index is 0.0510. The first-order valence-electron chi connectivity index (χ1n) is 5.87. The highest BCUT2D eigenvalue weighted by Gasteiger charge is 2.12. The zero-order valence-corrected chi connectivity index (χ0v) is 10.2. The molecule has 0 aliphatic heterocycles. The number of benzene rings is 2. The zero-order valence-electron chi connectivity index (χ0n) is 10.2. The highest BCUT2D eigenvalue weighted by atomic mass is 19.2. The lowest BCUT2D eigenvalue weighted by Gasteiger charge is -2.04. The molecule has 0 saturated heterocycles. The predicted molar refractivity (Wildman–Crippen MR) is 70.6 cm³/mol. The van der Waals surface area contributed by atoms with E-state index in [0.29, 0.717) is 22.0 Å². The van der Waals surface area contributed by atoms with Gasteiger partial charge in [-0.1, -0.05) is 24.3 Å². The van der Waals surface area contributed by atoms with Gasteiger partial charge in [-0.15, -0.1) is 0 Å². The van der Waals surface area contributed by atoms with Crippen LogP contribution in [0.3, 0.4) is 0 Å². The summed E-state index contributed by atoms with van der Waals surface area (Å²) in [6.45, 7) is 0. The summed E-state index contributed by atoms with van der Waals surface area (Å²) in [4.78, 5) is 13.8. The van der Waals surface area contributed by atoms with Gasteiger partial charge in [0.2, 0.25) is 0 Å². The van der Waals surface area contributed by atoms with Crippen LogP contribution in [-0.2, 0) is 0 Å². The minimum atomic E-state index is -1.07. The Balaban J connectivity index is 2.24. The summed E-state index contributed by atoms with van der Waals surface area (Å²) in [7, 11) is 0. The summed E-state index contributed by atoms with van der Waals surface area (Å²) in [5.74, 6) is -2.93. The zero-order chi connectivity index (χ0) is 14.3. The number of aromatic carboxylic acids is 1. The largest absolute Gasteiger partial charge is 0.477 e. The van der Waals surface area contributed by atoms with Crippen LogP contribution in [0.15, 0.2) is 42.5 Å². The van der Waals surface area contributed by atoms with Crippen molar-refractivity contribution in [3.8, 4) is 11.1 Å². The van der Waals surface area contributed by atoms with Gasteiger partial charge in [0.25, 0.3) is 0 Å². The molecule has 3 rings (SSSR count). The summed E-state index contributed by atoms with van der Waals surface area (Å²) in [6, 6.07) is 10.3. The van der Waals surface area contributed by atoms with Gasteiger partial charge in [0.15, 0.2) is 11.6 Å². The number of aromatic nitrogens is 1. The molecule has 0 aliphatic rings. The predicted octanol–water partition coefficient (Wildman–Crippen LogP) is 3.81. The Bertz CT molecular complexity index is 824. The molecule has 3 nitrogen and oxygen atoms in total. The van der Waals surface area contributed by atoms with Gasteiger partial charge in [-0.25, -0.2) is 13.6 Å². The first-order chi connectivity index (χ1) is 9.56. The molecule has 3 aromatic rings. The number of para-hydroxylation sites is 1. The molecule has 2 N–H and O–H groups in total. The third-order valence-corrected chi connectivity index (χ3v) is 3.12. The highest BCUT2D eigenvalue weighted by Crippen LogP contribution is 2.29. The fraction of sp³-hybridized carbons (Fsp3) is 0. The monoisotopic (exact) mass is 273 g/mol. The second kappa shape index (κ2) is 4.45. The van der Waals surface area contributed by atoms with Crippen LogP contribution in [0.1, 0.15) is 10.5 Å². The molecule has 0 atom stereocenters. The van der Waals surface area contributed by atoms with Crippen molar-refractivity contribution in [2.45, 2.75) is 0 Å². The van der Waals surface area contributed by atoms with Crippen LogP contribution in [0.5, 0.6) is 0 Å². The lowest BCUT2D eigenvalue weighted by molar-refractivity contribution is 0.0691. The molecule has 0 spiro atoms. The SMILES string of the molecule is O=C(O)c1cc2cccc(-c3ccc(F)c(F)c3)c2[nH]1. The van der Waals surface area contributed by atoms with Gasteiger partial charge >= 0.3 is 5.97 Å². The van der Waals surface area contributed by atoms with Crippen molar-refractivity contribution in [1.82, 2.24) is 4.98 Å².